The number of aromatic carboxylic acids is 1. The van der Waals surface area contributed by atoms with Gasteiger partial charge in [-0.05, 0) is 154 Å². The number of carbonyl (C=O) groups is 7. The number of aliphatic hydroxyl groups excluding tert-OH is 3. The number of hydrogen-bond donors (Lipinski definition) is 7. The lowest BCUT2D eigenvalue weighted by Gasteiger charge is -2.69. The van der Waals surface area contributed by atoms with Gasteiger partial charge in [0.05, 0.1) is 66.3 Å². The number of aliphatic carboxylic acids is 1. The molecule has 0 radical (unpaired) electrons. The Hall–Kier alpha value is -8.97. The van der Waals surface area contributed by atoms with Gasteiger partial charge in [0.15, 0.2) is 16.9 Å². The number of ether oxygens (including phenoxy) is 7. The van der Waals surface area contributed by atoms with E-state index >= 15 is 0 Å². The Kier molecular flexibility index (Phi) is 23.4. The van der Waals surface area contributed by atoms with Crippen molar-refractivity contribution in [2.24, 2.45) is 16.2 Å². The first-order chi connectivity index (χ1) is 50.0. The fourth-order valence-corrected chi connectivity index (χ4v) is 17.5. The Labute approximate surface area is 604 Å². The molecule has 4 saturated carbocycles. The number of pyridine rings is 2. The van der Waals surface area contributed by atoms with Crippen molar-refractivity contribution in [3.05, 3.63) is 131 Å². The third-order valence-electron chi connectivity index (χ3n) is 20.2. The summed E-state index contributed by atoms with van der Waals surface area (Å²) >= 11 is 1.37. The Morgan fingerprint density at radius 2 is 1.45 bits per heavy atom. The van der Waals surface area contributed by atoms with E-state index < -0.39 is 54.2 Å². The molecule has 4 aromatic heterocycles. The number of carboxylic acid groups (broad SMARTS) is 2. The Morgan fingerprint density at radius 3 is 2.20 bits per heavy atom. The highest BCUT2D eigenvalue weighted by molar-refractivity contribution is 7.22. The second-order valence-corrected chi connectivity index (χ2v) is 29.8. The number of aliphatic hydroxyl groups is 3. The van der Waals surface area contributed by atoms with Gasteiger partial charge in [-0.2, -0.15) is 5.10 Å². The molecule has 1 saturated heterocycles. The molecule has 7 N–H and O–H groups in total. The topological polar surface area (TPSA) is 369 Å². The van der Waals surface area contributed by atoms with Crippen LogP contribution in [0.15, 0.2) is 103 Å². The molecule has 2 unspecified atom stereocenters. The number of imide groups is 1. The number of amides is 4. The van der Waals surface area contributed by atoms with Gasteiger partial charge in [-0.15, -0.1) is 0 Å². The highest BCUT2D eigenvalue weighted by Gasteiger charge is 2.66. The van der Waals surface area contributed by atoms with Crippen molar-refractivity contribution in [1.29, 1.82) is 0 Å². The number of carboxylic acids is 2. The molecule has 4 amide bonds. The number of nitrogens with one attached hydrogen (secondary N) is 2. The third kappa shape index (κ3) is 17.7. The van der Waals surface area contributed by atoms with Gasteiger partial charge >= 0.3 is 17.9 Å². The zero-order chi connectivity index (χ0) is 73.3. The van der Waals surface area contributed by atoms with Crippen LogP contribution in [0.1, 0.15) is 135 Å². The number of aromatic nitrogens is 5. The minimum atomic E-state index is -1.93. The van der Waals surface area contributed by atoms with E-state index in [-0.39, 0.29) is 64.3 Å². The van der Waals surface area contributed by atoms with Crippen LogP contribution in [0, 0.1) is 23.2 Å². The number of carbonyl (C=O) groups excluding carboxylic acids is 5. The number of rotatable bonds is 36. The van der Waals surface area contributed by atoms with Crippen LogP contribution >= 0.6 is 11.3 Å². The van der Waals surface area contributed by atoms with Crippen molar-refractivity contribution >= 4 is 79.1 Å². The molecule has 27 nitrogen and oxygen atoms in total. The van der Waals surface area contributed by atoms with E-state index in [4.69, 9.17) is 43.2 Å². The van der Waals surface area contributed by atoms with Crippen LogP contribution < -0.4 is 15.4 Å². The number of hydrogen-bond acceptors (Lipinski definition) is 22. The van der Waals surface area contributed by atoms with E-state index in [2.05, 4.69) is 34.4 Å². The molecule has 7 atom stereocenters. The summed E-state index contributed by atoms with van der Waals surface area (Å²) in [7, 11) is 0. The van der Waals surface area contributed by atoms with Crippen molar-refractivity contribution in [1.82, 2.24) is 34.9 Å². The molecule has 4 aliphatic carbocycles. The summed E-state index contributed by atoms with van der Waals surface area (Å²) in [4.78, 5) is 103. The van der Waals surface area contributed by atoms with Crippen molar-refractivity contribution in [3.8, 4) is 28.1 Å². The molecule has 6 heterocycles. The first-order valence-corrected chi connectivity index (χ1v) is 36.2. The van der Waals surface area contributed by atoms with Gasteiger partial charge in [-0.3, -0.25) is 43.9 Å². The zero-order valence-corrected chi connectivity index (χ0v) is 59.2. The lowest BCUT2D eigenvalue weighted by atomic mass is 9.39. The number of thiazole rings is 1. The van der Waals surface area contributed by atoms with Crippen LogP contribution in [-0.4, -0.2) is 192 Å². The number of nitrogens with zero attached hydrogens (tertiary/aromatic N) is 6. The van der Waals surface area contributed by atoms with E-state index in [9.17, 15) is 59.1 Å². The molecule has 5 fully saturated rings. The number of aryl methyl sites for hydroxylation is 1. The van der Waals surface area contributed by atoms with Crippen molar-refractivity contribution < 1.29 is 92.3 Å². The van der Waals surface area contributed by atoms with Crippen molar-refractivity contribution in [3.63, 3.8) is 0 Å². The van der Waals surface area contributed by atoms with Crippen LogP contribution in [0.3, 0.4) is 0 Å². The highest BCUT2D eigenvalue weighted by atomic mass is 32.1. The van der Waals surface area contributed by atoms with Crippen molar-refractivity contribution in [2.45, 2.75) is 160 Å². The predicted molar refractivity (Wildman–Crippen MR) is 379 cm³/mol. The number of para-hydroxylation sites is 1. The number of fused-ring (bicyclic) bond motifs is 2. The summed E-state index contributed by atoms with van der Waals surface area (Å²) in [6, 6.07) is 23.3. The van der Waals surface area contributed by atoms with Gasteiger partial charge in [-0.25, -0.2) is 19.6 Å². The van der Waals surface area contributed by atoms with Gasteiger partial charge < -0.3 is 64.0 Å². The lowest BCUT2D eigenvalue weighted by molar-refractivity contribution is -0.271. The first-order valence-electron chi connectivity index (χ1n) is 35.3. The fourth-order valence-electron chi connectivity index (χ4n) is 16.6. The molecule has 7 aromatic rings. The fraction of sp³-hybridized carbons (Fsp3) is 0.487. The van der Waals surface area contributed by atoms with Crippen molar-refractivity contribution in [2.75, 3.05) is 64.7 Å². The van der Waals surface area contributed by atoms with Crippen LogP contribution in [0.5, 0.6) is 5.75 Å². The molecular weight excluding hydrogens is 1360 g/mol. The maximum Gasteiger partial charge on any atom is 0.355 e. The lowest BCUT2D eigenvalue weighted by Crippen LogP contribution is -2.64. The minimum absolute atomic E-state index is 0.0291. The second-order valence-electron chi connectivity index (χ2n) is 28.8. The van der Waals surface area contributed by atoms with Crippen LogP contribution in [0.2, 0.25) is 0 Å². The number of esters is 1. The summed E-state index contributed by atoms with van der Waals surface area (Å²) in [6.07, 6.45) is 5.90. The SMILES string of the molecule is Cc1c(-c2ccc(-c3cnc4cccc(C(=O)Nc5nc6ccccc6s5)c4c3)nc2C(=O)O)cnn1CC12CC3(C)CC(C)(C1)CC(OCCCC(=O)OCc1cc(CCCOCCOCCOCCNC(=O)CCCCCN4C(=O)C=CC4=O)ccc1O[C@@H]1O[C@H](C(=O)O)[C@@H](O)[C@H](O)[C@H]1O)(C3)C2. The molecule has 552 valence electrons. The summed E-state index contributed by atoms with van der Waals surface area (Å²) in [6.45, 7) is 9.98. The van der Waals surface area contributed by atoms with Gasteiger partial charge in [0, 0.05) is 103 Å². The predicted octanol–water partition coefficient (Wildman–Crippen LogP) is 8.54. The molecule has 0 spiro atoms. The van der Waals surface area contributed by atoms with Crippen LogP contribution in [0.4, 0.5) is 5.13 Å². The first kappa shape index (κ1) is 74.7. The number of benzene rings is 3. The summed E-state index contributed by atoms with van der Waals surface area (Å²) < 4.78 is 44.2. The molecular formula is C76H88N8O19S. The van der Waals surface area contributed by atoms with Gasteiger partial charge in [0.1, 0.15) is 30.7 Å². The third-order valence-corrected chi connectivity index (χ3v) is 21.1. The average molecular weight is 1450 g/mol. The largest absolute Gasteiger partial charge is 0.479 e. The Balaban J connectivity index is 0.615. The van der Waals surface area contributed by atoms with E-state index in [1.807, 2.05) is 35.9 Å². The normalized spacial score (nSPS) is 24.0. The van der Waals surface area contributed by atoms with E-state index in [0.29, 0.717) is 160 Å². The summed E-state index contributed by atoms with van der Waals surface area (Å²) in [5, 5.41) is 63.8. The number of unbranched alkanes of at least 4 members (excludes halogenated alkanes) is 2. The maximum absolute atomic E-state index is 13.8. The quantitative estimate of drug-likeness (QED) is 0.0110. The molecule has 28 heteroatoms. The molecule has 4 bridgehead atoms. The van der Waals surface area contributed by atoms with Gasteiger partial charge in [-0.1, -0.05) is 55.9 Å². The summed E-state index contributed by atoms with van der Waals surface area (Å²) in [5.74, 6) is -4.27. The van der Waals surface area contributed by atoms with Gasteiger partial charge in [0.25, 0.3) is 17.7 Å². The maximum atomic E-state index is 13.8. The Bertz CT molecular complexity index is 4300. The summed E-state index contributed by atoms with van der Waals surface area (Å²) in [5.41, 5.74) is 4.81. The second kappa shape index (κ2) is 32.6. The minimum Gasteiger partial charge on any atom is -0.479 e. The molecule has 2 aliphatic heterocycles. The van der Waals surface area contributed by atoms with Crippen LogP contribution in [-0.2, 0) is 72.0 Å². The van der Waals surface area contributed by atoms with Crippen LogP contribution in [0.25, 0.3) is 43.5 Å². The molecule has 6 aliphatic rings. The van der Waals surface area contributed by atoms with E-state index in [0.717, 1.165) is 60.0 Å². The number of anilines is 1. The smallest absolute Gasteiger partial charge is 0.355 e. The molecule has 13 rings (SSSR count). The monoisotopic (exact) mass is 1450 g/mol. The van der Waals surface area contributed by atoms with Gasteiger partial charge in [0.2, 0.25) is 12.2 Å². The average Bonchev–Trinajstić information content (AvgIpc) is 0.806. The molecule has 3 aromatic carbocycles. The van der Waals surface area contributed by atoms with E-state index in [1.54, 1.807) is 67.0 Å². The van der Waals surface area contributed by atoms with E-state index in [1.165, 1.54) is 28.4 Å². The Morgan fingerprint density at radius 1 is 0.712 bits per heavy atom. The standard InChI is InChI=1S/C76H88N8O19S/c1-46-53(50-20-21-54(80-63(50)69(93)94)48-35-52-51(13-9-15-55(52)78-36-48)68(92)82-72-81-56-14-6-7-16-58(56)104-72)37-79-84(46)45-75-40-73(2)39-74(3,41-75)43-76(42-73,44-75)101-28-11-18-62(88)100-38-49-34-47(19-22-57(49)102-71-66(91)64(89)65(90)67(103-71)70(95)96)12-10-27-97-30-32-99-33-31-98-29-25-77-59(85)17-5-4-8-26-83-60(86)23-24-61(83)87/h6-7,9,13-16,19-24,34-37,64-67,71,89-91H,4-5,8,10-12,17-18,25-33,38-45H2,1-3H3,(H,77,85)(H,93,94)(H,95,96)(H,81,82,92)/t64-,65-,66+,67-,71+,73?,74?,75?,76?/m0/s1. The molecule has 104 heavy (non-hydrogen) atoms. The zero-order valence-electron chi connectivity index (χ0n) is 58.4. The highest BCUT2D eigenvalue weighted by Crippen LogP contribution is 2.72.